The minimum absolute atomic E-state index is 0.176. The maximum Gasteiger partial charge on any atom is 0.399 e. The number of nitrogens with one attached hydrogen (secondary N) is 1. The molecule has 0 unspecified atom stereocenters. The lowest BCUT2D eigenvalue weighted by atomic mass is 10.6. The fourth-order valence-corrected chi connectivity index (χ4v) is 1.59. The Morgan fingerprint density at radius 1 is 1.60 bits per heavy atom. The van der Waals surface area contributed by atoms with E-state index in [0.717, 1.165) is 6.92 Å². The van der Waals surface area contributed by atoms with Gasteiger partial charge in [0.15, 0.2) is 5.00 Å². The summed E-state index contributed by atoms with van der Waals surface area (Å²) < 4.78 is 0. The van der Waals surface area contributed by atoms with Crippen LogP contribution in [0.5, 0.6) is 0 Å². The van der Waals surface area contributed by atoms with E-state index in [0.29, 0.717) is 11.3 Å². The summed E-state index contributed by atoms with van der Waals surface area (Å²) in [4.78, 5) is 34.0. The molecular weight excluding hydrogens is 226 g/mol. The topological polar surface area (TPSA) is 122 Å². The minimum atomic E-state index is -1.38. The summed E-state index contributed by atoms with van der Waals surface area (Å²) in [7, 11) is 0. The lowest BCUT2D eigenvalue weighted by molar-refractivity contribution is -0.388. The van der Waals surface area contributed by atoms with E-state index >= 15 is 0 Å². The number of carbonyl (C=O) groups excluding carboxylic acids is 1. The van der Waals surface area contributed by atoms with E-state index in [2.05, 4.69) is 10.3 Å². The number of carbonyl (C=O) groups is 2. The molecule has 1 heterocycles. The van der Waals surface area contributed by atoms with Gasteiger partial charge >= 0.3 is 16.8 Å². The number of carboxylic acid groups (broad SMARTS) is 1. The zero-order chi connectivity index (χ0) is 11.6. The van der Waals surface area contributed by atoms with E-state index in [4.69, 9.17) is 5.11 Å². The van der Waals surface area contributed by atoms with Crippen LogP contribution >= 0.6 is 11.3 Å². The molecule has 2 N–H and O–H groups in total. The van der Waals surface area contributed by atoms with Gasteiger partial charge in [0.05, 0.1) is 0 Å². The third-order valence-corrected chi connectivity index (χ3v) is 2.20. The van der Waals surface area contributed by atoms with Crippen LogP contribution < -0.4 is 5.32 Å². The second-order valence-electron chi connectivity index (χ2n) is 2.42. The van der Waals surface area contributed by atoms with Crippen molar-refractivity contribution in [3.05, 3.63) is 15.1 Å². The Bertz CT molecular complexity index is 440. The zero-order valence-corrected chi connectivity index (χ0v) is 8.20. The highest BCUT2D eigenvalue weighted by Gasteiger charge is 2.27. The highest BCUT2D eigenvalue weighted by atomic mass is 32.1. The Kier molecular flexibility index (Phi) is 2.95. The van der Waals surface area contributed by atoms with Gasteiger partial charge in [0, 0.05) is 6.92 Å². The van der Waals surface area contributed by atoms with Crippen molar-refractivity contribution >= 4 is 34.0 Å². The van der Waals surface area contributed by atoms with Crippen molar-refractivity contribution in [3.8, 4) is 0 Å². The molecule has 0 aliphatic heterocycles. The molecule has 80 valence electrons. The number of aromatic carboxylic acids is 1. The quantitative estimate of drug-likeness (QED) is 0.583. The summed E-state index contributed by atoms with van der Waals surface area (Å²) in [6.07, 6.45) is 0. The Balaban J connectivity index is 3.17. The van der Waals surface area contributed by atoms with Crippen LogP contribution in [0, 0.1) is 10.1 Å². The molecule has 0 aliphatic carbocycles. The van der Waals surface area contributed by atoms with Crippen LogP contribution in [0.3, 0.4) is 0 Å². The fraction of sp³-hybridized carbons (Fsp3) is 0.167. The summed E-state index contributed by atoms with van der Waals surface area (Å²) in [6.45, 7) is 1.16. The lowest BCUT2D eigenvalue weighted by Crippen LogP contribution is -2.06. The molecule has 0 aromatic carbocycles. The summed E-state index contributed by atoms with van der Waals surface area (Å²) in [5.74, 6) is -2.56. The molecule has 1 aromatic rings. The molecule has 0 fully saturated rings. The molecular formula is C6H5N3O5S. The van der Waals surface area contributed by atoms with Crippen LogP contribution in [0.1, 0.15) is 16.7 Å². The number of nitro groups is 1. The SMILES string of the molecule is CC(=O)Nc1sc(C(=O)O)nc1[N+](=O)[O-]. The van der Waals surface area contributed by atoms with Crippen molar-refractivity contribution in [3.63, 3.8) is 0 Å². The van der Waals surface area contributed by atoms with Crippen LogP contribution in [0.25, 0.3) is 0 Å². The van der Waals surface area contributed by atoms with Crippen LogP contribution in [0.15, 0.2) is 0 Å². The van der Waals surface area contributed by atoms with E-state index in [1.807, 2.05) is 0 Å². The highest BCUT2D eigenvalue weighted by molar-refractivity contribution is 7.18. The number of amides is 1. The molecule has 0 saturated heterocycles. The van der Waals surface area contributed by atoms with Gasteiger partial charge in [-0.1, -0.05) is 11.3 Å². The molecule has 0 bridgehead atoms. The summed E-state index contributed by atoms with van der Waals surface area (Å²) in [5, 5.41) is 20.5. The average molecular weight is 231 g/mol. The molecule has 0 saturated carbocycles. The van der Waals surface area contributed by atoms with Crippen molar-refractivity contribution in [1.29, 1.82) is 0 Å². The van der Waals surface area contributed by atoms with Crippen molar-refractivity contribution < 1.29 is 19.6 Å². The van der Waals surface area contributed by atoms with Crippen LogP contribution in [-0.4, -0.2) is 26.9 Å². The zero-order valence-electron chi connectivity index (χ0n) is 7.38. The lowest BCUT2D eigenvalue weighted by Gasteiger charge is -1.95. The van der Waals surface area contributed by atoms with Gasteiger partial charge in [-0.25, -0.2) is 4.79 Å². The van der Waals surface area contributed by atoms with E-state index in [1.165, 1.54) is 0 Å². The molecule has 1 aromatic heterocycles. The maximum atomic E-state index is 10.7. The number of carboxylic acids is 1. The predicted molar refractivity (Wildman–Crippen MR) is 50.0 cm³/mol. The summed E-state index contributed by atoms with van der Waals surface area (Å²) in [6, 6.07) is 0. The molecule has 8 nitrogen and oxygen atoms in total. The standard InChI is InChI=1S/C6H5N3O5S/c1-2(10)7-4-3(9(13)14)8-5(15-4)6(11)12/h1H3,(H,7,10)(H,11,12). The van der Waals surface area contributed by atoms with Crippen molar-refractivity contribution in [2.24, 2.45) is 0 Å². The van der Waals surface area contributed by atoms with E-state index in [1.54, 1.807) is 0 Å². The maximum absolute atomic E-state index is 10.7. The number of hydrogen-bond acceptors (Lipinski definition) is 6. The number of thiazole rings is 1. The predicted octanol–water partition coefficient (Wildman–Crippen LogP) is 0.708. The number of rotatable bonds is 3. The first kappa shape index (κ1) is 11.0. The Morgan fingerprint density at radius 3 is 2.60 bits per heavy atom. The van der Waals surface area contributed by atoms with Crippen molar-refractivity contribution in [1.82, 2.24) is 4.98 Å². The number of anilines is 1. The number of hydrogen-bond donors (Lipinski definition) is 2. The van der Waals surface area contributed by atoms with Crippen molar-refractivity contribution in [2.45, 2.75) is 6.92 Å². The minimum Gasteiger partial charge on any atom is -0.474 e. The summed E-state index contributed by atoms with van der Waals surface area (Å²) >= 11 is 0.540. The van der Waals surface area contributed by atoms with Crippen LogP contribution in [0.2, 0.25) is 0 Å². The molecule has 1 rings (SSSR count). The first-order chi connectivity index (χ1) is 6.91. The normalized spacial score (nSPS) is 9.67. The van der Waals surface area contributed by atoms with Gasteiger partial charge in [-0.05, 0) is 9.91 Å². The van der Waals surface area contributed by atoms with Gasteiger partial charge < -0.3 is 20.5 Å². The fourth-order valence-electron chi connectivity index (χ4n) is 0.769. The van der Waals surface area contributed by atoms with E-state index in [-0.39, 0.29) is 5.00 Å². The van der Waals surface area contributed by atoms with Gasteiger partial charge in [-0.3, -0.25) is 4.79 Å². The Morgan fingerprint density at radius 2 is 2.20 bits per heavy atom. The smallest absolute Gasteiger partial charge is 0.399 e. The van der Waals surface area contributed by atoms with Crippen molar-refractivity contribution in [2.75, 3.05) is 5.32 Å². The molecule has 15 heavy (non-hydrogen) atoms. The summed E-state index contributed by atoms with van der Waals surface area (Å²) in [5.41, 5.74) is 0. The molecule has 0 aliphatic rings. The van der Waals surface area contributed by atoms with Gasteiger partial charge in [0.25, 0.3) is 0 Å². The second kappa shape index (κ2) is 4.00. The first-order valence-electron chi connectivity index (χ1n) is 3.58. The van der Waals surface area contributed by atoms with E-state index in [9.17, 15) is 19.7 Å². The van der Waals surface area contributed by atoms with Gasteiger partial charge in [0.1, 0.15) is 0 Å². The van der Waals surface area contributed by atoms with Gasteiger partial charge in [-0.15, -0.1) is 0 Å². The third kappa shape index (κ3) is 2.47. The van der Waals surface area contributed by atoms with E-state index < -0.39 is 27.6 Å². The Labute approximate surface area is 86.7 Å². The average Bonchev–Trinajstić information content (AvgIpc) is 2.46. The van der Waals surface area contributed by atoms with Crippen LogP contribution in [0.4, 0.5) is 10.8 Å². The first-order valence-corrected chi connectivity index (χ1v) is 4.39. The molecule has 0 atom stereocenters. The molecule has 9 heteroatoms. The highest BCUT2D eigenvalue weighted by Crippen LogP contribution is 2.30. The molecule has 0 radical (unpaired) electrons. The largest absolute Gasteiger partial charge is 0.474 e. The number of nitrogens with zero attached hydrogens (tertiary/aromatic N) is 2. The molecule has 0 spiro atoms. The Hall–Kier alpha value is -2.03. The number of aromatic nitrogens is 1. The molecule has 1 amide bonds. The second-order valence-corrected chi connectivity index (χ2v) is 3.41. The monoisotopic (exact) mass is 231 g/mol. The third-order valence-electron chi connectivity index (χ3n) is 1.25. The van der Waals surface area contributed by atoms with Gasteiger partial charge in [-0.2, -0.15) is 0 Å². The van der Waals surface area contributed by atoms with Gasteiger partial charge in [0.2, 0.25) is 5.91 Å². The van der Waals surface area contributed by atoms with Crippen LogP contribution in [-0.2, 0) is 4.79 Å².